The molecule has 118 valence electrons. The molecule has 2 aromatic rings. The van der Waals surface area contributed by atoms with Crippen LogP contribution in [-0.2, 0) is 9.47 Å². The highest BCUT2D eigenvalue weighted by Crippen LogP contribution is 2.29. The average molecular weight is 425 g/mol. The Bertz CT molecular complexity index is 836. The van der Waals surface area contributed by atoms with E-state index < -0.39 is 11.9 Å². The van der Waals surface area contributed by atoms with Crippen LogP contribution in [0.1, 0.15) is 26.4 Å². The number of anilines is 1. The maximum atomic E-state index is 12.0. The molecule has 0 unspecified atom stereocenters. The van der Waals surface area contributed by atoms with Crippen molar-refractivity contribution >= 4 is 40.2 Å². The maximum absolute atomic E-state index is 12.0. The lowest BCUT2D eigenvalue weighted by Crippen LogP contribution is -2.13. The van der Waals surface area contributed by atoms with Gasteiger partial charge in [-0.1, -0.05) is 6.07 Å². The molecule has 1 heterocycles. The summed E-state index contributed by atoms with van der Waals surface area (Å²) in [4.78, 5) is 23.8. The predicted octanol–water partition coefficient (Wildman–Crippen LogP) is 2.11. The Morgan fingerprint density at radius 1 is 1.26 bits per heavy atom. The van der Waals surface area contributed by atoms with Crippen molar-refractivity contribution in [1.29, 1.82) is 5.26 Å². The van der Waals surface area contributed by atoms with Gasteiger partial charge in [0.15, 0.2) is 5.69 Å². The Labute approximate surface area is 145 Å². The van der Waals surface area contributed by atoms with E-state index in [2.05, 4.69) is 0 Å². The quantitative estimate of drug-likeness (QED) is 0.597. The number of carbonyl (C=O) groups is 2. The smallest absolute Gasteiger partial charge is 0.357 e. The molecule has 0 amide bonds. The molecule has 2 rings (SSSR count). The number of halogens is 1. The van der Waals surface area contributed by atoms with Gasteiger partial charge in [-0.2, -0.15) is 5.26 Å². The summed E-state index contributed by atoms with van der Waals surface area (Å²) in [5, 5.41) is 9.14. The molecule has 0 bridgehead atoms. The van der Waals surface area contributed by atoms with Gasteiger partial charge in [0, 0.05) is 6.20 Å². The second-order valence-electron chi connectivity index (χ2n) is 4.41. The number of benzene rings is 1. The number of nitriles is 1. The molecule has 1 aromatic heterocycles. The summed E-state index contributed by atoms with van der Waals surface area (Å²) < 4.78 is 11.5. The van der Waals surface area contributed by atoms with Gasteiger partial charge in [-0.3, -0.25) is 0 Å². The fourth-order valence-corrected chi connectivity index (χ4v) is 2.92. The van der Waals surface area contributed by atoms with Gasteiger partial charge in [-0.15, -0.1) is 0 Å². The van der Waals surface area contributed by atoms with Crippen LogP contribution in [0.5, 0.6) is 0 Å². The number of methoxy groups -OCH3 is 2. The Morgan fingerprint density at radius 2 is 1.91 bits per heavy atom. The summed E-state index contributed by atoms with van der Waals surface area (Å²) in [6.07, 6.45) is 1.43. The van der Waals surface area contributed by atoms with Crippen LogP contribution in [0.3, 0.4) is 0 Å². The molecule has 0 aliphatic heterocycles. The second kappa shape index (κ2) is 6.70. The molecule has 23 heavy (non-hydrogen) atoms. The summed E-state index contributed by atoms with van der Waals surface area (Å²) in [7, 11) is 2.51. The number of rotatable bonds is 3. The molecule has 8 heteroatoms. The number of nitrogens with two attached hydrogens (primary N) is 1. The Hall–Kier alpha value is -2.54. The van der Waals surface area contributed by atoms with E-state index in [1.807, 2.05) is 28.7 Å². The van der Waals surface area contributed by atoms with Crippen LogP contribution in [0, 0.1) is 14.9 Å². The van der Waals surface area contributed by atoms with Gasteiger partial charge in [0.2, 0.25) is 0 Å². The molecule has 0 saturated carbocycles. The first-order valence-electron chi connectivity index (χ1n) is 6.32. The topological polar surface area (TPSA) is 107 Å². The molecule has 0 fully saturated rings. The maximum Gasteiger partial charge on any atom is 0.357 e. The third kappa shape index (κ3) is 2.87. The van der Waals surface area contributed by atoms with Crippen LogP contribution < -0.4 is 5.73 Å². The molecule has 0 atom stereocenters. The van der Waals surface area contributed by atoms with Gasteiger partial charge >= 0.3 is 11.9 Å². The lowest BCUT2D eigenvalue weighted by molar-refractivity contribution is 0.0588. The molecule has 0 saturated heterocycles. The third-order valence-corrected chi connectivity index (χ3v) is 4.32. The van der Waals surface area contributed by atoms with Crippen LogP contribution in [0.15, 0.2) is 24.4 Å². The van der Waals surface area contributed by atoms with Crippen molar-refractivity contribution in [2.24, 2.45) is 0 Å². The number of ether oxygens (including phenoxy) is 2. The van der Waals surface area contributed by atoms with Crippen LogP contribution in [0.2, 0.25) is 0 Å². The van der Waals surface area contributed by atoms with Gasteiger partial charge in [-0.05, 0) is 34.7 Å². The Balaban J connectivity index is 2.75. The van der Waals surface area contributed by atoms with Gasteiger partial charge in [0.1, 0.15) is 6.07 Å². The lowest BCUT2D eigenvalue weighted by Gasteiger charge is -2.12. The van der Waals surface area contributed by atoms with E-state index in [0.29, 0.717) is 14.8 Å². The summed E-state index contributed by atoms with van der Waals surface area (Å²) in [5.74, 6) is -1.18. The standard InChI is InChI=1S/C15H12IN3O4/c1-22-14(20)9-4-3-5-10(11(9)16)19-7-8(6-17)12(18)13(19)15(21)23-2/h3-5,7H,18H2,1-2H3. The van der Waals surface area contributed by atoms with E-state index in [4.69, 9.17) is 20.5 Å². The number of carbonyl (C=O) groups excluding carboxylic acids is 2. The summed E-state index contributed by atoms with van der Waals surface area (Å²) in [6, 6.07) is 6.87. The minimum atomic E-state index is -0.678. The third-order valence-electron chi connectivity index (χ3n) is 3.19. The molecular weight excluding hydrogens is 413 g/mol. The summed E-state index contributed by atoms with van der Waals surface area (Å²) >= 11 is 1.97. The van der Waals surface area contributed by atoms with Crippen molar-refractivity contribution in [3.63, 3.8) is 0 Å². The number of hydrogen-bond donors (Lipinski definition) is 1. The van der Waals surface area contributed by atoms with E-state index in [1.54, 1.807) is 18.2 Å². The number of nitrogen functional groups attached to an aromatic ring is 1. The van der Waals surface area contributed by atoms with Gasteiger partial charge in [0.25, 0.3) is 0 Å². The van der Waals surface area contributed by atoms with Gasteiger partial charge < -0.3 is 19.8 Å². The molecule has 0 aliphatic rings. The molecule has 2 N–H and O–H groups in total. The molecule has 7 nitrogen and oxygen atoms in total. The van der Waals surface area contributed by atoms with Crippen molar-refractivity contribution in [2.45, 2.75) is 0 Å². The van der Waals surface area contributed by atoms with Gasteiger partial charge in [-0.25, -0.2) is 9.59 Å². The zero-order valence-electron chi connectivity index (χ0n) is 12.3. The van der Waals surface area contributed by atoms with E-state index in [9.17, 15) is 9.59 Å². The van der Waals surface area contributed by atoms with Crippen LogP contribution in [-0.4, -0.2) is 30.7 Å². The average Bonchev–Trinajstić information content (AvgIpc) is 2.90. The van der Waals surface area contributed by atoms with E-state index in [1.165, 1.54) is 25.0 Å². The number of aromatic nitrogens is 1. The molecular formula is C15H12IN3O4. The van der Waals surface area contributed by atoms with Crippen molar-refractivity contribution in [2.75, 3.05) is 20.0 Å². The number of esters is 2. The number of nitrogens with zero attached hydrogens (tertiary/aromatic N) is 2. The fourth-order valence-electron chi connectivity index (χ4n) is 2.08. The van der Waals surface area contributed by atoms with E-state index in [-0.39, 0.29) is 16.9 Å². The zero-order valence-corrected chi connectivity index (χ0v) is 14.4. The Morgan fingerprint density at radius 3 is 2.48 bits per heavy atom. The van der Waals surface area contributed by atoms with Crippen LogP contribution >= 0.6 is 22.6 Å². The zero-order chi connectivity index (χ0) is 17.1. The lowest BCUT2D eigenvalue weighted by atomic mass is 10.2. The molecule has 1 aromatic carbocycles. The fraction of sp³-hybridized carbons (Fsp3) is 0.133. The summed E-state index contributed by atoms with van der Waals surface area (Å²) in [6.45, 7) is 0. The monoisotopic (exact) mass is 425 g/mol. The first-order valence-corrected chi connectivity index (χ1v) is 7.40. The molecule has 0 aliphatic carbocycles. The van der Waals surface area contributed by atoms with Gasteiger partial charge in [0.05, 0.1) is 40.3 Å². The molecule has 0 spiro atoms. The highest BCUT2D eigenvalue weighted by atomic mass is 127. The van der Waals surface area contributed by atoms with E-state index in [0.717, 1.165) is 0 Å². The summed E-state index contributed by atoms with van der Waals surface area (Å²) in [5.41, 5.74) is 6.92. The second-order valence-corrected chi connectivity index (χ2v) is 5.49. The minimum Gasteiger partial charge on any atom is -0.465 e. The first kappa shape index (κ1) is 16.8. The minimum absolute atomic E-state index is 0.0265. The largest absolute Gasteiger partial charge is 0.465 e. The highest BCUT2D eigenvalue weighted by molar-refractivity contribution is 14.1. The van der Waals surface area contributed by atoms with Crippen molar-refractivity contribution in [3.05, 3.63) is 44.8 Å². The van der Waals surface area contributed by atoms with Crippen molar-refractivity contribution in [3.8, 4) is 11.8 Å². The molecule has 0 radical (unpaired) electrons. The predicted molar refractivity (Wildman–Crippen MR) is 90.3 cm³/mol. The van der Waals surface area contributed by atoms with Crippen molar-refractivity contribution < 1.29 is 19.1 Å². The van der Waals surface area contributed by atoms with Crippen LogP contribution in [0.25, 0.3) is 5.69 Å². The Kier molecular flexibility index (Phi) is 4.90. The SMILES string of the molecule is COC(=O)c1cccc(-n2cc(C#N)c(N)c2C(=O)OC)c1I. The van der Waals surface area contributed by atoms with Crippen molar-refractivity contribution in [1.82, 2.24) is 4.57 Å². The first-order chi connectivity index (χ1) is 11.0. The van der Waals surface area contributed by atoms with Crippen LogP contribution in [0.4, 0.5) is 5.69 Å². The van der Waals surface area contributed by atoms with E-state index >= 15 is 0 Å². The number of hydrogen-bond acceptors (Lipinski definition) is 6. The normalized spacial score (nSPS) is 10.0. The highest BCUT2D eigenvalue weighted by Gasteiger charge is 2.24.